The van der Waals surface area contributed by atoms with E-state index in [1.807, 2.05) is 6.92 Å². The van der Waals surface area contributed by atoms with Crippen LogP contribution in [-0.2, 0) is 16.0 Å². The molecular weight excluding hydrogens is 448 g/mol. The van der Waals surface area contributed by atoms with Crippen molar-refractivity contribution in [1.82, 2.24) is 20.4 Å². The van der Waals surface area contributed by atoms with Crippen molar-refractivity contribution >= 4 is 41.3 Å². The second-order valence-corrected chi connectivity index (χ2v) is 8.15. The second-order valence-electron chi connectivity index (χ2n) is 7.74. The molecule has 1 saturated heterocycles. The molecule has 2 heterocycles. The summed E-state index contributed by atoms with van der Waals surface area (Å²) in [6.07, 6.45) is 2.86. The molecule has 1 fully saturated rings. The Kier molecular flexibility index (Phi) is 7.42. The van der Waals surface area contributed by atoms with Crippen molar-refractivity contribution in [1.29, 1.82) is 0 Å². The zero-order chi connectivity index (χ0) is 24.3. The van der Waals surface area contributed by atoms with E-state index >= 15 is 0 Å². The maximum Gasteiger partial charge on any atom is 0.333 e. The molecule has 0 bridgehead atoms. The molecule has 0 saturated carbocycles. The van der Waals surface area contributed by atoms with Crippen molar-refractivity contribution in [3.63, 3.8) is 0 Å². The maximum atomic E-state index is 12.7. The number of barbiturate groups is 1. The molecule has 4 amide bonds. The number of fused-ring (bicyclic) bond motifs is 1. The fraction of sp³-hybridized carbons (Fsp3) is 0.455. The highest BCUT2D eigenvalue weighted by atomic mass is 32.1. The van der Waals surface area contributed by atoms with Crippen LogP contribution in [0.25, 0.3) is 6.08 Å². The molecule has 2 aliphatic rings. The SMILES string of the molecule is CC[C@H](C)NC(=S)NCCc1cc2c(c(OC)c1C=C1C(=O)N(C)C(=O)N(C)C1=O)OCO2. The van der Waals surface area contributed by atoms with Gasteiger partial charge >= 0.3 is 6.03 Å². The third kappa shape index (κ3) is 4.87. The van der Waals surface area contributed by atoms with Gasteiger partial charge in [0.1, 0.15) is 5.57 Å². The molecule has 1 aromatic rings. The third-order valence-corrected chi connectivity index (χ3v) is 5.81. The summed E-state index contributed by atoms with van der Waals surface area (Å²) in [5.41, 5.74) is 1.10. The molecule has 0 aliphatic carbocycles. The summed E-state index contributed by atoms with van der Waals surface area (Å²) in [5.74, 6) is -0.134. The van der Waals surface area contributed by atoms with Crippen LogP contribution >= 0.6 is 12.2 Å². The van der Waals surface area contributed by atoms with Gasteiger partial charge in [-0.1, -0.05) is 6.92 Å². The van der Waals surface area contributed by atoms with E-state index in [-0.39, 0.29) is 18.4 Å². The Bertz CT molecular complexity index is 999. The van der Waals surface area contributed by atoms with Gasteiger partial charge in [-0.25, -0.2) is 4.79 Å². The molecule has 3 rings (SSSR count). The zero-order valence-corrected chi connectivity index (χ0v) is 20.1. The number of likely N-dealkylation sites (N-methyl/N-ethyl adjacent to an activating group) is 2. The van der Waals surface area contributed by atoms with Crippen molar-refractivity contribution in [2.75, 3.05) is 34.5 Å². The number of amides is 4. The van der Waals surface area contributed by atoms with Crippen molar-refractivity contribution in [2.24, 2.45) is 0 Å². The van der Waals surface area contributed by atoms with Gasteiger partial charge in [-0.2, -0.15) is 0 Å². The number of rotatable bonds is 7. The van der Waals surface area contributed by atoms with Crippen LogP contribution in [0.4, 0.5) is 4.79 Å². The quantitative estimate of drug-likeness (QED) is 0.345. The maximum absolute atomic E-state index is 12.7. The molecule has 178 valence electrons. The molecular formula is C22H28N4O6S. The Balaban J connectivity index is 1.97. The van der Waals surface area contributed by atoms with Crippen LogP contribution < -0.4 is 24.8 Å². The van der Waals surface area contributed by atoms with Gasteiger partial charge in [-0.3, -0.25) is 19.4 Å². The number of nitrogens with one attached hydrogen (secondary N) is 2. The first kappa shape index (κ1) is 24.3. The van der Waals surface area contributed by atoms with Crippen molar-refractivity contribution in [3.05, 3.63) is 22.8 Å². The second kappa shape index (κ2) is 10.1. The standard InChI is InChI=1S/C22H28N4O6S/c1-6-12(2)24-21(33)23-8-7-13-9-16-18(32-11-31-16)17(30-5)14(13)10-15-19(27)25(3)22(29)26(4)20(15)28/h9-10,12H,6-8,11H2,1-5H3,(H2,23,24,33)/t12-/m0/s1. The number of imide groups is 2. The number of carbonyl (C=O) groups is 3. The molecule has 0 aromatic heterocycles. The predicted molar refractivity (Wildman–Crippen MR) is 125 cm³/mol. The lowest BCUT2D eigenvalue weighted by Crippen LogP contribution is -2.52. The molecule has 11 heteroatoms. The topological polar surface area (TPSA) is 109 Å². The molecule has 1 aromatic carbocycles. The lowest BCUT2D eigenvalue weighted by atomic mass is 9.98. The Morgan fingerprint density at radius 1 is 1.24 bits per heavy atom. The molecule has 2 aliphatic heterocycles. The Morgan fingerprint density at radius 2 is 1.91 bits per heavy atom. The van der Waals surface area contributed by atoms with E-state index in [1.165, 1.54) is 27.3 Å². The smallest absolute Gasteiger partial charge is 0.333 e. The van der Waals surface area contributed by atoms with Crippen molar-refractivity contribution in [2.45, 2.75) is 32.7 Å². The van der Waals surface area contributed by atoms with E-state index in [2.05, 4.69) is 17.6 Å². The molecule has 0 radical (unpaired) electrons. The van der Waals surface area contributed by atoms with Crippen LogP contribution in [0.5, 0.6) is 17.2 Å². The Labute approximate surface area is 197 Å². The third-order valence-electron chi connectivity index (χ3n) is 5.55. The molecule has 33 heavy (non-hydrogen) atoms. The summed E-state index contributed by atoms with van der Waals surface area (Å²) in [4.78, 5) is 39.3. The monoisotopic (exact) mass is 476 g/mol. The number of urea groups is 1. The van der Waals surface area contributed by atoms with Crippen molar-refractivity contribution in [3.8, 4) is 17.2 Å². The number of ether oxygens (including phenoxy) is 3. The van der Waals surface area contributed by atoms with Crippen LogP contribution in [-0.4, -0.2) is 73.3 Å². The van der Waals surface area contributed by atoms with E-state index in [0.717, 1.165) is 21.8 Å². The van der Waals surface area contributed by atoms with Gasteiger partial charge in [0.15, 0.2) is 16.6 Å². The minimum atomic E-state index is -0.689. The fourth-order valence-electron chi connectivity index (χ4n) is 3.45. The molecule has 10 nitrogen and oxygen atoms in total. The number of nitrogens with zero attached hydrogens (tertiary/aromatic N) is 2. The first-order valence-electron chi connectivity index (χ1n) is 10.5. The molecule has 1 atom stereocenters. The average molecular weight is 477 g/mol. The summed E-state index contributed by atoms with van der Waals surface area (Å²) >= 11 is 5.34. The van der Waals surface area contributed by atoms with E-state index < -0.39 is 17.8 Å². The first-order chi connectivity index (χ1) is 15.7. The van der Waals surface area contributed by atoms with Crippen LogP contribution in [0.3, 0.4) is 0 Å². The molecule has 2 N–H and O–H groups in total. The fourth-order valence-corrected chi connectivity index (χ4v) is 3.76. The van der Waals surface area contributed by atoms with Gasteiger partial charge in [0.25, 0.3) is 11.8 Å². The lowest BCUT2D eigenvalue weighted by Gasteiger charge is -2.29. The summed E-state index contributed by atoms with van der Waals surface area (Å²) in [5, 5.41) is 6.89. The first-order valence-corrected chi connectivity index (χ1v) is 11.0. The number of benzene rings is 1. The van der Waals surface area contributed by atoms with Gasteiger partial charge in [0.2, 0.25) is 12.5 Å². The lowest BCUT2D eigenvalue weighted by molar-refractivity contribution is -0.134. The van der Waals surface area contributed by atoms with Gasteiger partial charge < -0.3 is 24.8 Å². The predicted octanol–water partition coefficient (Wildman–Crippen LogP) is 1.66. The number of carbonyl (C=O) groups excluding carboxylic acids is 3. The van der Waals surface area contributed by atoms with Gasteiger partial charge in [-0.15, -0.1) is 0 Å². The highest BCUT2D eigenvalue weighted by Crippen LogP contribution is 2.46. The summed E-state index contributed by atoms with van der Waals surface area (Å²) in [7, 11) is 4.13. The number of methoxy groups -OCH3 is 1. The van der Waals surface area contributed by atoms with E-state index in [0.29, 0.717) is 40.9 Å². The van der Waals surface area contributed by atoms with Crippen LogP contribution in [0.1, 0.15) is 31.4 Å². The molecule has 0 spiro atoms. The summed E-state index contributed by atoms with van der Waals surface area (Å²) in [6, 6.07) is 1.35. The Hall–Kier alpha value is -3.34. The number of thiocarbonyl (C=S) groups is 1. The van der Waals surface area contributed by atoms with E-state index in [4.69, 9.17) is 26.4 Å². The summed E-state index contributed by atoms with van der Waals surface area (Å²) in [6.45, 7) is 4.62. The minimum absolute atomic E-state index is 0.0319. The highest BCUT2D eigenvalue weighted by Gasteiger charge is 2.38. The molecule has 0 unspecified atom stereocenters. The van der Waals surface area contributed by atoms with Crippen LogP contribution in [0.2, 0.25) is 0 Å². The Morgan fingerprint density at radius 3 is 2.52 bits per heavy atom. The largest absolute Gasteiger partial charge is 0.492 e. The highest BCUT2D eigenvalue weighted by molar-refractivity contribution is 7.80. The van der Waals surface area contributed by atoms with Gasteiger partial charge in [-0.05, 0) is 49.7 Å². The van der Waals surface area contributed by atoms with Gasteiger partial charge in [0.05, 0.1) is 7.11 Å². The number of hydrogen-bond acceptors (Lipinski definition) is 7. The van der Waals surface area contributed by atoms with Crippen LogP contribution in [0.15, 0.2) is 11.6 Å². The zero-order valence-electron chi connectivity index (χ0n) is 19.3. The van der Waals surface area contributed by atoms with Gasteiger partial charge in [0, 0.05) is 32.2 Å². The number of hydrogen-bond donors (Lipinski definition) is 2. The minimum Gasteiger partial charge on any atom is -0.492 e. The average Bonchev–Trinajstić information content (AvgIpc) is 3.27. The van der Waals surface area contributed by atoms with E-state index in [1.54, 1.807) is 6.07 Å². The van der Waals surface area contributed by atoms with E-state index in [9.17, 15) is 14.4 Å². The van der Waals surface area contributed by atoms with Crippen molar-refractivity contribution < 1.29 is 28.6 Å². The normalized spacial score (nSPS) is 16.2. The summed E-state index contributed by atoms with van der Waals surface area (Å²) < 4.78 is 16.7. The van der Waals surface area contributed by atoms with Crippen LogP contribution in [0, 0.1) is 0 Å².